The van der Waals surface area contributed by atoms with Crippen LogP contribution in [0.25, 0.3) is 37.4 Å². The van der Waals surface area contributed by atoms with Crippen LogP contribution in [0.1, 0.15) is 16.1 Å². The SMILES string of the molecule is COc1ccc(-c2nc3ccc(-c4cc5ccccc5s4)cn3c2CN2CCN(C(=O)c3ccccc3)CC2)cc1. The summed E-state index contributed by atoms with van der Waals surface area (Å²) < 4.78 is 8.94. The molecule has 1 aliphatic rings. The molecule has 41 heavy (non-hydrogen) atoms. The number of methoxy groups -OCH3 is 1. The van der Waals surface area contributed by atoms with Gasteiger partial charge in [-0.05, 0) is 66.0 Å². The molecule has 0 unspecified atom stereocenters. The summed E-state index contributed by atoms with van der Waals surface area (Å²) in [6.45, 7) is 3.77. The maximum atomic E-state index is 13.0. The van der Waals surface area contributed by atoms with Crippen molar-refractivity contribution in [3.8, 4) is 27.4 Å². The molecule has 0 bridgehead atoms. The number of piperazine rings is 1. The van der Waals surface area contributed by atoms with Gasteiger partial charge in [0.15, 0.2) is 0 Å². The average molecular weight is 559 g/mol. The summed E-state index contributed by atoms with van der Waals surface area (Å²) in [5.41, 5.74) is 6.04. The van der Waals surface area contributed by atoms with Gasteiger partial charge < -0.3 is 14.0 Å². The van der Waals surface area contributed by atoms with Gasteiger partial charge in [0, 0.05) is 65.2 Å². The minimum atomic E-state index is 0.104. The highest BCUT2D eigenvalue weighted by molar-refractivity contribution is 7.22. The number of carbonyl (C=O) groups is 1. The maximum Gasteiger partial charge on any atom is 0.253 e. The highest BCUT2D eigenvalue weighted by Crippen LogP contribution is 2.35. The van der Waals surface area contributed by atoms with Crippen molar-refractivity contribution >= 4 is 33.0 Å². The fourth-order valence-electron chi connectivity index (χ4n) is 5.58. The van der Waals surface area contributed by atoms with Gasteiger partial charge in [-0.1, -0.05) is 36.4 Å². The number of hydrogen-bond donors (Lipinski definition) is 0. The summed E-state index contributed by atoms with van der Waals surface area (Å²) in [6.07, 6.45) is 2.23. The number of amides is 1. The van der Waals surface area contributed by atoms with Crippen LogP contribution in [0.5, 0.6) is 5.75 Å². The zero-order valence-electron chi connectivity index (χ0n) is 22.9. The molecule has 1 amide bonds. The van der Waals surface area contributed by atoms with Gasteiger partial charge in [0.2, 0.25) is 0 Å². The molecule has 7 heteroatoms. The molecule has 0 radical (unpaired) electrons. The van der Waals surface area contributed by atoms with Crippen LogP contribution in [0.3, 0.4) is 0 Å². The third kappa shape index (κ3) is 4.99. The number of carbonyl (C=O) groups excluding carboxylic acids is 1. The number of benzene rings is 3. The normalized spacial score (nSPS) is 14.1. The lowest BCUT2D eigenvalue weighted by molar-refractivity contribution is 0.0627. The van der Waals surface area contributed by atoms with Crippen LogP contribution < -0.4 is 4.74 Å². The van der Waals surface area contributed by atoms with Crippen LogP contribution in [-0.4, -0.2) is 58.4 Å². The van der Waals surface area contributed by atoms with Crippen molar-refractivity contribution in [2.75, 3.05) is 33.3 Å². The lowest BCUT2D eigenvalue weighted by Gasteiger charge is -2.34. The second-order valence-electron chi connectivity index (χ2n) is 10.4. The summed E-state index contributed by atoms with van der Waals surface area (Å²) in [5.74, 6) is 0.928. The summed E-state index contributed by atoms with van der Waals surface area (Å²) in [6, 6.07) is 32.8. The fraction of sp³-hybridized carbons (Fsp3) is 0.176. The van der Waals surface area contributed by atoms with Crippen LogP contribution in [-0.2, 0) is 6.54 Å². The Bertz CT molecular complexity index is 1800. The van der Waals surface area contributed by atoms with E-state index in [0.717, 1.165) is 53.5 Å². The Morgan fingerprint density at radius 1 is 0.854 bits per heavy atom. The van der Waals surface area contributed by atoms with Crippen LogP contribution in [0, 0.1) is 0 Å². The molecule has 0 spiro atoms. The van der Waals surface area contributed by atoms with E-state index in [1.807, 2.05) is 58.7 Å². The Morgan fingerprint density at radius 3 is 2.34 bits per heavy atom. The van der Waals surface area contributed by atoms with Crippen LogP contribution in [0.4, 0.5) is 0 Å². The van der Waals surface area contributed by atoms with E-state index in [9.17, 15) is 4.79 Å². The van der Waals surface area contributed by atoms with Crippen molar-refractivity contribution < 1.29 is 9.53 Å². The summed E-state index contributed by atoms with van der Waals surface area (Å²) in [5, 5.41) is 1.26. The highest BCUT2D eigenvalue weighted by Gasteiger charge is 2.24. The summed E-state index contributed by atoms with van der Waals surface area (Å²) in [4.78, 5) is 23.7. The Labute approximate surface area is 243 Å². The molecule has 204 valence electrons. The Morgan fingerprint density at radius 2 is 1.59 bits per heavy atom. The summed E-state index contributed by atoms with van der Waals surface area (Å²) in [7, 11) is 1.68. The third-order valence-corrected chi connectivity index (χ3v) is 9.01. The largest absolute Gasteiger partial charge is 0.497 e. The van der Waals surface area contributed by atoms with E-state index in [0.29, 0.717) is 13.1 Å². The Hall–Kier alpha value is -4.46. The molecule has 0 saturated carbocycles. The van der Waals surface area contributed by atoms with Gasteiger partial charge in [-0.25, -0.2) is 4.98 Å². The molecule has 7 rings (SSSR count). The van der Waals surface area contributed by atoms with E-state index in [2.05, 4.69) is 70.1 Å². The quantitative estimate of drug-likeness (QED) is 0.224. The number of nitrogens with zero attached hydrogens (tertiary/aromatic N) is 4. The smallest absolute Gasteiger partial charge is 0.253 e. The first-order valence-electron chi connectivity index (χ1n) is 13.9. The topological polar surface area (TPSA) is 50.1 Å². The van der Waals surface area contributed by atoms with Crippen LogP contribution in [0.2, 0.25) is 0 Å². The van der Waals surface area contributed by atoms with E-state index in [1.54, 1.807) is 7.11 Å². The van der Waals surface area contributed by atoms with Gasteiger partial charge in [0.25, 0.3) is 5.91 Å². The number of aromatic nitrogens is 2. The molecular weight excluding hydrogens is 528 g/mol. The molecular formula is C34H30N4O2S. The molecule has 1 saturated heterocycles. The predicted molar refractivity (Wildman–Crippen MR) is 166 cm³/mol. The third-order valence-electron chi connectivity index (χ3n) is 7.84. The van der Waals surface area contributed by atoms with Crippen molar-refractivity contribution in [2.45, 2.75) is 6.54 Å². The zero-order valence-corrected chi connectivity index (χ0v) is 23.7. The Kier molecular flexibility index (Phi) is 6.74. The van der Waals surface area contributed by atoms with E-state index in [-0.39, 0.29) is 5.91 Å². The molecule has 6 aromatic rings. The van der Waals surface area contributed by atoms with E-state index in [1.165, 1.54) is 20.5 Å². The Balaban J connectivity index is 1.22. The number of rotatable bonds is 6. The highest BCUT2D eigenvalue weighted by atomic mass is 32.1. The number of ether oxygens (including phenoxy) is 1. The van der Waals surface area contributed by atoms with Gasteiger partial charge >= 0.3 is 0 Å². The maximum absolute atomic E-state index is 13.0. The number of thiophene rings is 1. The first kappa shape index (κ1) is 25.5. The van der Waals surface area contributed by atoms with E-state index >= 15 is 0 Å². The van der Waals surface area contributed by atoms with Crippen molar-refractivity contribution in [1.82, 2.24) is 19.2 Å². The van der Waals surface area contributed by atoms with Gasteiger partial charge in [-0.15, -0.1) is 11.3 Å². The van der Waals surface area contributed by atoms with Crippen LogP contribution in [0.15, 0.2) is 103 Å². The average Bonchev–Trinajstić information content (AvgIpc) is 3.63. The standard InChI is InChI=1S/C34H30N4O2S/c1-40-28-14-11-24(12-15-28)33-29(23-36-17-19-37(20-18-36)34(39)25-7-3-2-4-8-25)38-22-27(13-16-32(38)35-33)31-21-26-9-5-6-10-30(26)41-31/h2-16,21-22H,17-20,23H2,1H3. The fourth-order valence-corrected chi connectivity index (χ4v) is 6.63. The minimum Gasteiger partial charge on any atom is -0.497 e. The number of fused-ring (bicyclic) bond motifs is 2. The molecule has 4 heterocycles. The van der Waals surface area contributed by atoms with Gasteiger partial charge in [0.1, 0.15) is 11.4 Å². The van der Waals surface area contributed by atoms with Gasteiger partial charge in [-0.2, -0.15) is 0 Å². The predicted octanol–water partition coefficient (Wildman–Crippen LogP) is 6.85. The van der Waals surface area contributed by atoms with Crippen molar-refractivity contribution in [3.63, 3.8) is 0 Å². The second kappa shape index (κ2) is 10.8. The number of hydrogen-bond acceptors (Lipinski definition) is 5. The first-order valence-corrected chi connectivity index (χ1v) is 14.7. The molecule has 0 N–H and O–H groups in total. The lowest BCUT2D eigenvalue weighted by Crippen LogP contribution is -2.48. The minimum absolute atomic E-state index is 0.104. The van der Waals surface area contributed by atoms with Crippen molar-refractivity contribution in [3.05, 3.63) is 115 Å². The van der Waals surface area contributed by atoms with Crippen molar-refractivity contribution in [2.24, 2.45) is 0 Å². The van der Waals surface area contributed by atoms with Crippen LogP contribution >= 0.6 is 11.3 Å². The number of imidazole rings is 1. The monoisotopic (exact) mass is 558 g/mol. The molecule has 1 fully saturated rings. The molecule has 3 aromatic heterocycles. The van der Waals surface area contributed by atoms with Crippen molar-refractivity contribution in [1.29, 1.82) is 0 Å². The van der Waals surface area contributed by atoms with Gasteiger partial charge in [0.05, 0.1) is 18.5 Å². The van der Waals surface area contributed by atoms with E-state index < -0.39 is 0 Å². The van der Waals surface area contributed by atoms with E-state index in [4.69, 9.17) is 9.72 Å². The molecule has 0 aliphatic carbocycles. The summed E-state index contributed by atoms with van der Waals surface area (Å²) >= 11 is 1.81. The lowest BCUT2D eigenvalue weighted by atomic mass is 10.1. The zero-order chi connectivity index (χ0) is 27.8. The molecule has 6 nitrogen and oxygen atoms in total. The molecule has 1 aliphatic heterocycles. The van der Waals surface area contributed by atoms with Gasteiger partial charge in [-0.3, -0.25) is 9.69 Å². The second-order valence-corrected chi connectivity index (χ2v) is 11.4. The molecule has 0 atom stereocenters. The first-order chi connectivity index (χ1) is 20.2. The molecule has 3 aromatic carbocycles. The number of pyridine rings is 1.